The van der Waals surface area contributed by atoms with E-state index in [-0.39, 0.29) is 0 Å². The Morgan fingerprint density at radius 2 is 0.667 bits per heavy atom. The normalized spacial score (nSPS) is 11.3. The van der Waals surface area contributed by atoms with E-state index in [9.17, 15) is 0 Å². The maximum Gasteiger partial charge on any atom is -0.00990 e. The minimum absolute atomic E-state index is 1.28. The van der Waals surface area contributed by atoms with E-state index in [0.29, 0.717) is 0 Å². The molecule has 146 valence electrons. The molecule has 5 aromatic carbocycles. The summed E-state index contributed by atoms with van der Waals surface area (Å²) in [5.74, 6) is 0. The van der Waals surface area contributed by atoms with Crippen LogP contribution in [0.25, 0.3) is 43.8 Å². The number of aryl methyl sites for hydroxylation is 4. The van der Waals surface area contributed by atoms with Crippen molar-refractivity contribution in [1.82, 2.24) is 0 Å². The highest BCUT2D eigenvalue weighted by Crippen LogP contribution is 2.33. The van der Waals surface area contributed by atoms with Crippen molar-refractivity contribution in [1.29, 1.82) is 0 Å². The molecular formula is C30H26. The second-order valence-corrected chi connectivity index (χ2v) is 8.69. The molecule has 0 N–H and O–H groups in total. The summed E-state index contributed by atoms with van der Waals surface area (Å²) in [4.78, 5) is 0. The fraction of sp³-hybridized carbons (Fsp3) is 0.133. The fourth-order valence-corrected chi connectivity index (χ4v) is 4.69. The number of fused-ring (bicyclic) bond motifs is 3. The lowest BCUT2D eigenvalue weighted by molar-refractivity contribution is 1.38. The molecule has 0 saturated carbocycles. The van der Waals surface area contributed by atoms with Crippen molar-refractivity contribution >= 4 is 21.5 Å². The van der Waals surface area contributed by atoms with Crippen LogP contribution in [0.5, 0.6) is 0 Å². The van der Waals surface area contributed by atoms with Gasteiger partial charge >= 0.3 is 0 Å². The summed E-state index contributed by atoms with van der Waals surface area (Å²) in [6, 6.07) is 31.8. The minimum Gasteiger partial charge on any atom is -0.0563 e. The van der Waals surface area contributed by atoms with Crippen LogP contribution in [0.2, 0.25) is 0 Å². The van der Waals surface area contributed by atoms with E-state index in [4.69, 9.17) is 0 Å². The van der Waals surface area contributed by atoms with Gasteiger partial charge in [0.15, 0.2) is 0 Å². The molecule has 30 heavy (non-hydrogen) atoms. The van der Waals surface area contributed by atoms with Gasteiger partial charge in [-0.1, -0.05) is 95.1 Å². The maximum absolute atomic E-state index is 2.36. The summed E-state index contributed by atoms with van der Waals surface area (Å²) in [7, 11) is 0. The van der Waals surface area contributed by atoms with E-state index < -0.39 is 0 Å². The van der Waals surface area contributed by atoms with Gasteiger partial charge in [-0.05, 0) is 83.6 Å². The summed E-state index contributed by atoms with van der Waals surface area (Å²) in [6.45, 7) is 8.68. The zero-order chi connectivity index (χ0) is 20.8. The van der Waals surface area contributed by atoms with Crippen LogP contribution in [-0.4, -0.2) is 0 Å². The minimum atomic E-state index is 1.28. The van der Waals surface area contributed by atoms with Gasteiger partial charge < -0.3 is 0 Å². The highest BCUT2D eigenvalue weighted by Gasteiger charge is 2.07. The fourth-order valence-electron chi connectivity index (χ4n) is 4.69. The number of hydrogen-bond acceptors (Lipinski definition) is 0. The third-order valence-electron chi connectivity index (χ3n) is 5.95. The standard InChI is InChI=1S/C30H26/c1-19-11-20(2)14-27(13-19)25-9-7-23-5-6-24-8-10-26(18-30(24)29(23)17-25)28-15-21(3)12-22(4)16-28/h5-18H,1-4H3. The quantitative estimate of drug-likeness (QED) is 0.267. The average Bonchev–Trinajstić information content (AvgIpc) is 2.71. The van der Waals surface area contributed by atoms with Crippen molar-refractivity contribution in [3.05, 3.63) is 107 Å². The molecule has 0 aliphatic carbocycles. The molecule has 0 heteroatoms. The lowest BCUT2D eigenvalue weighted by Gasteiger charge is -2.11. The van der Waals surface area contributed by atoms with Crippen molar-refractivity contribution in [2.45, 2.75) is 27.7 Å². The number of rotatable bonds is 2. The highest BCUT2D eigenvalue weighted by atomic mass is 14.1. The molecule has 0 fully saturated rings. The molecule has 0 spiro atoms. The third kappa shape index (κ3) is 3.39. The lowest BCUT2D eigenvalue weighted by atomic mass is 9.93. The molecule has 0 unspecified atom stereocenters. The van der Waals surface area contributed by atoms with Gasteiger partial charge in [0.2, 0.25) is 0 Å². The van der Waals surface area contributed by atoms with E-state index in [2.05, 4.69) is 113 Å². The predicted octanol–water partition coefficient (Wildman–Crippen LogP) is 8.56. The molecule has 0 atom stereocenters. The summed E-state index contributed by atoms with van der Waals surface area (Å²) in [6.07, 6.45) is 0. The SMILES string of the molecule is Cc1cc(C)cc(-c2ccc3ccc4ccc(-c5cc(C)cc(C)c5)cc4c3c2)c1. The van der Waals surface area contributed by atoms with Crippen molar-refractivity contribution in [2.24, 2.45) is 0 Å². The van der Waals surface area contributed by atoms with E-state index in [0.717, 1.165) is 0 Å². The first kappa shape index (κ1) is 18.6. The van der Waals surface area contributed by atoms with Gasteiger partial charge in [0.25, 0.3) is 0 Å². The Kier molecular flexibility index (Phi) is 4.44. The average molecular weight is 387 g/mol. The van der Waals surface area contributed by atoms with Gasteiger partial charge in [-0.25, -0.2) is 0 Å². The largest absolute Gasteiger partial charge is 0.0563 e. The molecule has 0 nitrogen and oxygen atoms in total. The molecule has 0 bridgehead atoms. The van der Waals surface area contributed by atoms with Gasteiger partial charge in [-0.2, -0.15) is 0 Å². The first-order chi connectivity index (χ1) is 14.5. The Labute approximate surface area is 178 Å². The van der Waals surface area contributed by atoms with Crippen LogP contribution >= 0.6 is 0 Å². The number of benzene rings is 5. The first-order valence-electron chi connectivity index (χ1n) is 10.6. The monoisotopic (exact) mass is 386 g/mol. The van der Waals surface area contributed by atoms with E-state index in [1.54, 1.807) is 0 Å². The van der Waals surface area contributed by atoms with Crippen LogP contribution in [0.3, 0.4) is 0 Å². The summed E-state index contributed by atoms with van der Waals surface area (Å²) in [5, 5.41) is 5.20. The summed E-state index contributed by atoms with van der Waals surface area (Å²) >= 11 is 0. The van der Waals surface area contributed by atoms with Crippen LogP contribution in [0.15, 0.2) is 84.9 Å². The van der Waals surface area contributed by atoms with Crippen LogP contribution < -0.4 is 0 Å². The molecule has 0 aliphatic heterocycles. The van der Waals surface area contributed by atoms with Gasteiger partial charge in [-0.15, -0.1) is 0 Å². The van der Waals surface area contributed by atoms with Gasteiger partial charge in [0.05, 0.1) is 0 Å². The molecule has 5 rings (SSSR count). The van der Waals surface area contributed by atoms with Crippen LogP contribution in [-0.2, 0) is 0 Å². The Morgan fingerprint density at radius 3 is 1.03 bits per heavy atom. The zero-order valence-corrected chi connectivity index (χ0v) is 18.1. The van der Waals surface area contributed by atoms with Gasteiger partial charge in [-0.3, -0.25) is 0 Å². The second kappa shape index (κ2) is 7.15. The van der Waals surface area contributed by atoms with Crippen LogP contribution in [0.4, 0.5) is 0 Å². The van der Waals surface area contributed by atoms with Crippen molar-refractivity contribution in [3.63, 3.8) is 0 Å². The Hall–Kier alpha value is -3.38. The molecule has 0 aliphatic rings. The Bertz CT molecular complexity index is 1270. The zero-order valence-electron chi connectivity index (χ0n) is 18.1. The Morgan fingerprint density at radius 1 is 0.333 bits per heavy atom. The van der Waals surface area contributed by atoms with Gasteiger partial charge in [0, 0.05) is 0 Å². The highest BCUT2D eigenvalue weighted by molar-refractivity contribution is 6.10. The molecule has 0 heterocycles. The van der Waals surface area contributed by atoms with Crippen LogP contribution in [0.1, 0.15) is 22.3 Å². The molecule has 0 radical (unpaired) electrons. The van der Waals surface area contributed by atoms with Gasteiger partial charge in [0.1, 0.15) is 0 Å². The molecule has 5 aromatic rings. The van der Waals surface area contributed by atoms with E-state index in [1.165, 1.54) is 66.1 Å². The molecule has 0 saturated heterocycles. The van der Waals surface area contributed by atoms with E-state index >= 15 is 0 Å². The summed E-state index contributed by atoms with van der Waals surface area (Å²) < 4.78 is 0. The predicted molar refractivity (Wildman–Crippen MR) is 131 cm³/mol. The Balaban J connectivity index is 1.74. The third-order valence-corrected chi connectivity index (χ3v) is 5.95. The van der Waals surface area contributed by atoms with Crippen molar-refractivity contribution in [2.75, 3.05) is 0 Å². The van der Waals surface area contributed by atoms with Crippen molar-refractivity contribution < 1.29 is 0 Å². The summed E-state index contributed by atoms with van der Waals surface area (Å²) in [5.41, 5.74) is 10.4. The van der Waals surface area contributed by atoms with Crippen LogP contribution in [0, 0.1) is 27.7 Å². The lowest BCUT2D eigenvalue weighted by Crippen LogP contribution is -1.86. The maximum atomic E-state index is 2.36. The molecular weight excluding hydrogens is 360 g/mol. The first-order valence-corrected chi connectivity index (χ1v) is 10.6. The molecule has 0 amide bonds. The van der Waals surface area contributed by atoms with E-state index in [1.807, 2.05) is 0 Å². The number of hydrogen-bond donors (Lipinski definition) is 0. The topological polar surface area (TPSA) is 0 Å². The smallest absolute Gasteiger partial charge is 0.00990 e. The van der Waals surface area contributed by atoms with Crippen molar-refractivity contribution in [3.8, 4) is 22.3 Å². The second-order valence-electron chi connectivity index (χ2n) is 8.69. The molecule has 0 aromatic heterocycles.